The molecule has 0 saturated heterocycles. The average Bonchev–Trinajstić information content (AvgIpc) is 3.02. The molecule has 0 radical (unpaired) electrons. The predicted octanol–water partition coefficient (Wildman–Crippen LogP) is 4.17. The summed E-state index contributed by atoms with van der Waals surface area (Å²) in [6.07, 6.45) is 1.98. The van der Waals surface area contributed by atoms with Gasteiger partial charge in [-0.25, -0.2) is 4.98 Å². The van der Waals surface area contributed by atoms with E-state index in [1.807, 2.05) is 35.2 Å². The fourth-order valence-corrected chi connectivity index (χ4v) is 4.05. The lowest BCUT2D eigenvalue weighted by atomic mass is 10.0. The molecule has 4 rings (SSSR count). The van der Waals surface area contributed by atoms with Crippen molar-refractivity contribution in [1.29, 1.82) is 0 Å². The summed E-state index contributed by atoms with van der Waals surface area (Å²) in [6.45, 7) is 2.78. The molecule has 1 aliphatic heterocycles. The summed E-state index contributed by atoms with van der Waals surface area (Å²) in [7, 11) is 0. The Balaban J connectivity index is 1.62. The maximum absolute atomic E-state index is 12.0. The van der Waals surface area contributed by atoms with Crippen molar-refractivity contribution in [2.24, 2.45) is 0 Å². The van der Waals surface area contributed by atoms with Gasteiger partial charge in [-0.15, -0.1) is 11.3 Å². The van der Waals surface area contributed by atoms with E-state index in [4.69, 9.17) is 4.74 Å². The third-order valence-electron chi connectivity index (χ3n) is 4.25. The Morgan fingerprint density at radius 2 is 2.12 bits per heavy atom. The highest BCUT2D eigenvalue weighted by Gasteiger charge is 2.23. The molecule has 0 aliphatic carbocycles. The van der Waals surface area contributed by atoms with Crippen molar-refractivity contribution >= 4 is 33.1 Å². The van der Waals surface area contributed by atoms with E-state index in [1.165, 1.54) is 5.56 Å². The van der Waals surface area contributed by atoms with Crippen LogP contribution in [-0.4, -0.2) is 17.4 Å². The lowest BCUT2D eigenvalue weighted by Gasteiger charge is -2.30. The number of ether oxygens (including phenoxy) is 1. The van der Waals surface area contributed by atoms with Crippen LogP contribution in [0.2, 0.25) is 0 Å². The maximum atomic E-state index is 12.0. The average molecular weight is 338 g/mol. The van der Waals surface area contributed by atoms with E-state index in [1.54, 1.807) is 18.3 Å². The zero-order valence-electron chi connectivity index (χ0n) is 13.5. The molecule has 1 aliphatic rings. The van der Waals surface area contributed by atoms with E-state index >= 15 is 0 Å². The summed E-state index contributed by atoms with van der Waals surface area (Å²) in [5.74, 6) is 0.827. The van der Waals surface area contributed by atoms with E-state index in [2.05, 4.69) is 17.1 Å². The fraction of sp³-hybridized carbons (Fsp3) is 0.263. The first kappa shape index (κ1) is 15.1. The number of anilines is 1. The smallest absolute Gasteiger partial charge is 0.223 e. The molecule has 3 aromatic rings. The van der Waals surface area contributed by atoms with Crippen LogP contribution in [0.4, 0.5) is 5.69 Å². The summed E-state index contributed by atoms with van der Waals surface area (Å²) in [4.78, 5) is 18.4. The first-order valence-corrected chi connectivity index (χ1v) is 8.91. The molecule has 0 bridgehead atoms. The number of aromatic nitrogens is 1. The van der Waals surface area contributed by atoms with Gasteiger partial charge in [0.2, 0.25) is 5.91 Å². The second kappa shape index (κ2) is 6.24. The van der Waals surface area contributed by atoms with Gasteiger partial charge >= 0.3 is 0 Å². The highest BCUT2D eigenvalue weighted by Crippen LogP contribution is 2.37. The summed E-state index contributed by atoms with van der Waals surface area (Å²) in [5, 5.41) is 0.944. The van der Waals surface area contributed by atoms with Crippen molar-refractivity contribution < 1.29 is 9.53 Å². The number of nitrogens with zero attached hydrogens (tertiary/aromatic N) is 2. The van der Waals surface area contributed by atoms with E-state index in [-0.39, 0.29) is 5.91 Å². The Morgan fingerprint density at radius 3 is 2.96 bits per heavy atom. The van der Waals surface area contributed by atoms with Crippen LogP contribution in [0.15, 0.2) is 42.5 Å². The summed E-state index contributed by atoms with van der Waals surface area (Å²) < 4.78 is 7.22. The summed E-state index contributed by atoms with van der Waals surface area (Å²) in [6, 6.07) is 14.1. The van der Waals surface area contributed by atoms with Gasteiger partial charge in [-0.2, -0.15) is 0 Å². The number of amides is 1. The number of benzene rings is 2. The number of carbonyl (C=O) groups excluding carboxylic acids is 1. The lowest BCUT2D eigenvalue weighted by molar-refractivity contribution is -0.116. The second-order valence-electron chi connectivity index (χ2n) is 5.90. The largest absolute Gasteiger partial charge is 0.484 e. The van der Waals surface area contributed by atoms with Gasteiger partial charge in [-0.3, -0.25) is 4.79 Å². The molecule has 0 N–H and O–H groups in total. The highest BCUT2D eigenvalue weighted by atomic mass is 32.1. The summed E-state index contributed by atoms with van der Waals surface area (Å²) >= 11 is 1.64. The standard InChI is InChI=1S/C19H18N2O2S/c1-13(22)21-11-5-7-14-6-4-9-16(19(14)21)23-12-18-20-15-8-2-3-10-17(15)24-18/h2-4,6,8-10H,5,7,11-12H2,1H3. The quantitative estimate of drug-likeness (QED) is 0.720. The van der Waals surface area contributed by atoms with Crippen molar-refractivity contribution in [3.8, 4) is 5.75 Å². The van der Waals surface area contributed by atoms with Crippen LogP contribution in [0.5, 0.6) is 5.75 Å². The molecule has 0 unspecified atom stereocenters. The van der Waals surface area contributed by atoms with E-state index in [0.29, 0.717) is 6.61 Å². The Labute approximate surface area is 144 Å². The molecule has 0 atom stereocenters. The fourth-order valence-electron chi connectivity index (χ4n) is 3.17. The molecule has 4 nitrogen and oxygen atoms in total. The molecule has 1 aromatic heterocycles. The SMILES string of the molecule is CC(=O)N1CCCc2cccc(OCc3nc4ccccc4s3)c21. The highest BCUT2D eigenvalue weighted by molar-refractivity contribution is 7.18. The molecule has 1 amide bonds. The number of carbonyl (C=O) groups is 1. The Bertz CT molecular complexity index is 870. The number of thiazole rings is 1. The molecular weight excluding hydrogens is 320 g/mol. The van der Waals surface area contributed by atoms with Crippen molar-refractivity contribution in [3.63, 3.8) is 0 Å². The number of hydrogen-bond acceptors (Lipinski definition) is 4. The van der Waals surface area contributed by atoms with Crippen molar-refractivity contribution in [3.05, 3.63) is 53.0 Å². The van der Waals surface area contributed by atoms with E-state index in [9.17, 15) is 4.79 Å². The van der Waals surface area contributed by atoms with Crippen LogP contribution < -0.4 is 9.64 Å². The Morgan fingerprint density at radius 1 is 1.25 bits per heavy atom. The Kier molecular flexibility index (Phi) is 3.94. The monoisotopic (exact) mass is 338 g/mol. The van der Waals surface area contributed by atoms with Crippen LogP contribution in [0.3, 0.4) is 0 Å². The molecule has 0 saturated carbocycles. The second-order valence-corrected chi connectivity index (χ2v) is 7.02. The van der Waals surface area contributed by atoms with Crippen LogP contribution in [-0.2, 0) is 17.8 Å². The molecule has 0 fully saturated rings. The third-order valence-corrected chi connectivity index (χ3v) is 5.26. The van der Waals surface area contributed by atoms with Crippen molar-refractivity contribution in [2.45, 2.75) is 26.4 Å². The minimum absolute atomic E-state index is 0.0620. The number of aryl methyl sites for hydroxylation is 1. The number of fused-ring (bicyclic) bond motifs is 2. The zero-order valence-corrected chi connectivity index (χ0v) is 14.3. The van der Waals surface area contributed by atoms with Gasteiger partial charge in [-0.05, 0) is 36.6 Å². The molecule has 122 valence electrons. The molecule has 24 heavy (non-hydrogen) atoms. The van der Waals surface area contributed by atoms with Gasteiger partial charge < -0.3 is 9.64 Å². The zero-order chi connectivity index (χ0) is 16.5. The molecular formula is C19H18N2O2S. The maximum Gasteiger partial charge on any atom is 0.223 e. The first-order valence-electron chi connectivity index (χ1n) is 8.09. The minimum atomic E-state index is 0.0620. The van der Waals surface area contributed by atoms with Gasteiger partial charge in [-0.1, -0.05) is 24.3 Å². The molecule has 5 heteroatoms. The van der Waals surface area contributed by atoms with Crippen LogP contribution >= 0.6 is 11.3 Å². The first-order chi connectivity index (χ1) is 11.7. The van der Waals surface area contributed by atoms with E-state index in [0.717, 1.165) is 46.0 Å². The number of para-hydroxylation sites is 2. The van der Waals surface area contributed by atoms with Gasteiger partial charge in [0.15, 0.2) is 0 Å². The molecule has 2 heterocycles. The van der Waals surface area contributed by atoms with E-state index < -0.39 is 0 Å². The van der Waals surface area contributed by atoms with Crippen LogP contribution in [0.1, 0.15) is 23.9 Å². The third kappa shape index (κ3) is 2.76. The Hall–Kier alpha value is -2.40. The normalized spacial score (nSPS) is 13.8. The van der Waals surface area contributed by atoms with Crippen LogP contribution in [0, 0.1) is 0 Å². The van der Waals surface area contributed by atoms with Crippen molar-refractivity contribution in [1.82, 2.24) is 4.98 Å². The number of hydrogen-bond donors (Lipinski definition) is 0. The molecule has 0 spiro atoms. The minimum Gasteiger partial charge on any atom is -0.484 e. The summed E-state index contributed by atoms with van der Waals surface area (Å²) in [5.41, 5.74) is 3.11. The molecule has 2 aromatic carbocycles. The lowest BCUT2D eigenvalue weighted by Crippen LogP contribution is -2.33. The van der Waals surface area contributed by atoms with Gasteiger partial charge in [0.25, 0.3) is 0 Å². The van der Waals surface area contributed by atoms with Crippen molar-refractivity contribution in [2.75, 3.05) is 11.4 Å². The van der Waals surface area contributed by atoms with Gasteiger partial charge in [0, 0.05) is 13.5 Å². The predicted molar refractivity (Wildman–Crippen MR) is 96.7 cm³/mol. The van der Waals surface area contributed by atoms with Gasteiger partial charge in [0.1, 0.15) is 17.4 Å². The number of rotatable bonds is 3. The van der Waals surface area contributed by atoms with Crippen LogP contribution in [0.25, 0.3) is 10.2 Å². The van der Waals surface area contributed by atoms with Gasteiger partial charge in [0.05, 0.1) is 15.9 Å². The topological polar surface area (TPSA) is 42.4 Å².